The minimum absolute atomic E-state index is 0.121. The van der Waals surface area contributed by atoms with Crippen molar-refractivity contribution in [3.8, 4) is 5.69 Å². The summed E-state index contributed by atoms with van der Waals surface area (Å²) in [5.74, 6) is 0.476. The Morgan fingerprint density at radius 2 is 1.93 bits per heavy atom. The van der Waals surface area contributed by atoms with Crippen LogP contribution in [0.3, 0.4) is 0 Å². The number of anilines is 1. The molecule has 0 aliphatic carbocycles. The highest BCUT2D eigenvalue weighted by Crippen LogP contribution is 2.45. The minimum atomic E-state index is -0.995. The molecule has 0 saturated heterocycles. The predicted molar refractivity (Wildman–Crippen MR) is 104 cm³/mol. The van der Waals surface area contributed by atoms with Gasteiger partial charge in [0, 0.05) is 11.1 Å². The van der Waals surface area contributed by atoms with Crippen molar-refractivity contribution in [2.75, 3.05) is 11.1 Å². The van der Waals surface area contributed by atoms with Gasteiger partial charge < -0.3 is 14.9 Å². The number of nitrogens with one attached hydrogen (secondary N) is 1. The van der Waals surface area contributed by atoms with Gasteiger partial charge in [0.25, 0.3) is 0 Å². The molecule has 144 valence electrons. The van der Waals surface area contributed by atoms with Crippen LogP contribution in [0.5, 0.6) is 0 Å². The molecule has 3 heterocycles. The smallest absolute Gasteiger partial charge is 0.335 e. The number of rotatable bonds is 3. The molecule has 0 radical (unpaired) electrons. The average molecular weight is 398 g/mol. The molecule has 1 aromatic carbocycles. The Bertz CT molecular complexity index is 1060. The Labute approximate surface area is 164 Å². The molecular formula is C19H18N4O4S. The topological polar surface area (TPSA) is 110 Å². The van der Waals surface area contributed by atoms with Gasteiger partial charge in [-0.2, -0.15) is 5.10 Å². The lowest BCUT2D eigenvalue weighted by Gasteiger charge is -2.14. The third kappa shape index (κ3) is 2.97. The summed E-state index contributed by atoms with van der Waals surface area (Å²) in [6.07, 6.45) is 0. The van der Waals surface area contributed by atoms with Crippen molar-refractivity contribution in [2.24, 2.45) is 0 Å². The second-order valence-corrected chi connectivity index (χ2v) is 7.68. The van der Waals surface area contributed by atoms with Crippen LogP contribution >= 0.6 is 11.8 Å². The first-order valence-electron chi connectivity index (χ1n) is 8.64. The van der Waals surface area contributed by atoms with E-state index in [4.69, 9.17) is 9.63 Å². The van der Waals surface area contributed by atoms with E-state index in [2.05, 4.69) is 15.6 Å². The number of aromatic nitrogens is 3. The number of carboxylic acids is 1. The van der Waals surface area contributed by atoms with Gasteiger partial charge in [-0.25, -0.2) is 9.48 Å². The maximum Gasteiger partial charge on any atom is 0.335 e. The first-order chi connectivity index (χ1) is 13.4. The van der Waals surface area contributed by atoms with Crippen molar-refractivity contribution >= 4 is 29.5 Å². The van der Waals surface area contributed by atoms with Crippen molar-refractivity contribution in [3.05, 3.63) is 58.1 Å². The Hall–Kier alpha value is -3.07. The number of carbonyl (C=O) groups is 2. The number of amides is 1. The van der Waals surface area contributed by atoms with Crippen molar-refractivity contribution in [1.29, 1.82) is 0 Å². The lowest BCUT2D eigenvalue weighted by Crippen LogP contribution is -2.15. The van der Waals surface area contributed by atoms with E-state index in [0.717, 1.165) is 22.5 Å². The molecule has 1 aliphatic heterocycles. The second-order valence-electron chi connectivity index (χ2n) is 6.59. The summed E-state index contributed by atoms with van der Waals surface area (Å²) in [7, 11) is 0. The zero-order chi connectivity index (χ0) is 20.0. The molecular weight excluding hydrogens is 380 g/mol. The van der Waals surface area contributed by atoms with E-state index in [9.17, 15) is 9.59 Å². The fraction of sp³-hybridized carbons (Fsp3) is 0.263. The Balaban J connectivity index is 1.88. The number of carboxylic acid groups (broad SMARTS) is 1. The average Bonchev–Trinajstić information content (AvgIpc) is 3.09. The second kappa shape index (κ2) is 6.83. The van der Waals surface area contributed by atoms with E-state index in [0.29, 0.717) is 23.0 Å². The van der Waals surface area contributed by atoms with E-state index in [1.807, 2.05) is 20.8 Å². The lowest BCUT2D eigenvalue weighted by molar-refractivity contribution is -0.113. The van der Waals surface area contributed by atoms with Crippen LogP contribution < -0.4 is 5.32 Å². The Morgan fingerprint density at radius 1 is 1.21 bits per heavy atom. The van der Waals surface area contributed by atoms with Gasteiger partial charge in [-0.1, -0.05) is 5.16 Å². The van der Waals surface area contributed by atoms with Gasteiger partial charge in [0.05, 0.1) is 33.6 Å². The number of carbonyl (C=O) groups excluding carboxylic acids is 1. The van der Waals surface area contributed by atoms with E-state index in [-0.39, 0.29) is 16.7 Å². The zero-order valence-corrected chi connectivity index (χ0v) is 16.3. The Kier molecular flexibility index (Phi) is 4.46. The maximum absolute atomic E-state index is 12.4. The van der Waals surface area contributed by atoms with E-state index in [1.165, 1.54) is 23.9 Å². The van der Waals surface area contributed by atoms with Crippen LogP contribution in [-0.2, 0) is 4.79 Å². The molecule has 3 aromatic rings. The van der Waals surface area contributed by atoms with Gasteiger partial charge in [0.15, 0.2) is 0 Å². The predicted octanol–water partition coefficient (Wildman–Crippen LogP) is 3.26. The van der Waals surface area contributed by atoms with Gasteiger partial charge in [-0.15, -0.1) is 11.8 Å². The van der Waals surface area contributed by atoms with Gasteiger partial charge >= 0.3 is 5.97 Å². The molecule has 0 saturated carbocycles. The molecule has 9 heteroatoms. The third-order valence-electron chi connectivity index (χ3n) is 4.72. The lowest BCUT2D eigenvalue weighted by atomic mass is 10.0. The summed E-state index contributed by atoms with van der Waals surface area (Å²) in [5, 5.41) is 20.6. The van der Waals surface area contributed by atoms with Crippen LogP contribution in [0.2, 0.25) is 0 Å². The number of aryl methyl sites for hydroxylation is 3. The van der Waals surface area contributed by atoms with Crippen molar-refractivity contribution in [3.63, 3.8) is 0 Å². The summed E-state index contributed by atoms with van der Waals surface area (Å²) in [6, 6.07) is 6.37. The molecule has 1 amide bonds. The number of fused-ring (bicyclic) bond motifs is 1. The van der Waals surface area contributed by atoms with E-state index < -0.39 is 5.97 Å². The van der Waals surface area contributed by atoms with Crippen LogP contribution in [0, 0.1) is 20.8 Å². The summed E-state index contributed by atoms with van der Waals surface area (Å²) in [5.41, 5.74) is 4.26. The first-order valence-corrected chi connectivity index (χ1v) is 9.69. The van der Waals surface area contributed by atoms with Crippen LogP contribution in [0.4, 0.5) is 5.82 Å². The van der Waals surface area contributed by atoms with E-state index >= 15 is 0 Å². The fourth-order valence-corrected chi connectivity index (χ4v) is 4.75. The standard InChI is InChI=1S/C19H18N4O4S/c1-9-16-17(15-10(2)22-27-11(15)3)28-8-14(24)20-18(16)23(21-9)13-6-4-12(5-7-13)19(25)26/h4-7,17H,8H2,1-3H3,(H,20,24)(H,25,26). The highest BCUT2D eigenvalue weighted by molar-refractivity contribution is 8.00. The molecule has 0 fully saturated rings. The van der Waals surface area contributed by atoms with Gasteiger partial charge in [-0.05, 0) is 45.0 Å². The molecule has 4 rings (SSSR count). The Morgan fingerprint density at radius 3 is 2.54 bits per heavy atom. The number of hydrogen-bond donors (Lipinski definition) is 2. The number of benzene rings is 1. The molecule has 0 spiro atoms. The number of thioether (sulfide) groups is 1. The largest absolute Gasteiger partial charge is 0.478 e. The molecule has 1 unspecified atom stereocenters. The summed E-state index contributed by atoms with van der Waals surface area (Å²) in [4.78, 5) is 23.5. The van der Waals surface area contributed by atoms with Gasteiger partial charge in [0.2, 0.25) is 5.91 Å². The highest BCUT2D eigenvalue weighted by Gasteiger charge is 2.33. The molecule has 8 nitrogen and oxygen atoms in total. The number of hydrogen-bond acceptors (Lipinski definition) is 6. The number of nitrogens with zero attached hydrogens (tertiary/aromatic N) is 3. The quantitative estimate of drug-likeness (QED) is 0.697. The van der Waals surface area contributed by atoms with Crippen LogP contribution in [0.1, 0.15) is 43.9 Å². The first kappa shape index (κ1) is 18.3. The number of aromatic carboxylic acids is 1. The molecule has 2 aromatic heterocycles. The summed E-state index contributed by atoms with van der Waals surface area (Å²) < 4.78 is 6.99. The highest BCUT2D eigenvalue weighted by atomic mass is 32.2. The maximum atomic E-state index is 12.4. The van der Waals surface area contributed by atoms with E-state index in [1.54, 1.807) is 16.8 Å². The molecule has 28 heavy (non-hydrogen) atoms. The molecule has 2 N–H and O–H groups in total. The zero-order valence-electron chi connectivity index (χ0n) is 15.5. The summed E-state index contributed by atoms with van der Waals surface area (Å²) in [6.45, 7) is 5.64. The molecule has 1 aliphatic rings. The van der Waals surface area contributed by atoms with Gasteiger partial charge in [0.1, 0.15) is 11.6 Å². The van der Waals surface area contributed by atoms with Crippen molar-refractivity contribution in [1.82, 2.24) is 14.9 Å². The molecule has 0 bridgehead atoms. The SMILES string of the molecule is Cc1noc(C)c1C1SCC(=O)Nc2c1c(C)nn2-c1ccc(C(=O)O)cc1. The third-order valence-corrected chi connectivity index (χ3v) is 5.95. The minimum Gasteiger partial charge on any atom is -0.478 e. The van der Waals surface area contributed by atoms with Crippen LogP contribution in [-0.4, -0.2) is 37.7 Å². The normalized spacial score (nSPS) is 16.4. The van der Waals surface area contributed by atoms with Crippen molar-refractivity contribution in [2.45, 2.75) is 26.0 Å². The summed E-state index contributed by atoms with van der Waals surface area (Å²) >= 11 is 1.51. The monoisotopic (exact) mass is 398 g/mol. The van der Waals surface area contributed by atoms with Crippen LogP contribution in [0.15, 0.2) is 28.8 Å². The van der Waals surface area contributed by atoms with Gasteiger partial charge in [-0.3, -0.25) is 4.79 Å². The van der Waals surface area contributed by atoms with Crippen molar-refractivity contribution < 1.29 is 19.2 Å². The van der Waals surface area contributed by atoms with Crippen LogP contribution in [0.25, 0.3) is 5.69 Å². The fourth-order valence-electron chi connectivity index (χ4n) is 3.41. The molecule has 1 atom stereocenters.